The topological polar surface area (TPSA) is 67.7 Å². The molecule has 0 saturated carbocycles. The molecule has 0 aromatic heterocycles. The molecular weight excluding hydrogens is 180 g/mol. The maximum atomic E-state index is 10.4. The van der Waals surface area contributed by atoms with Crippen molar-refractivity contribution in [1.82, 2.24) is 0 Å². The first-order valence-electron chi connectivity index (χ1n) is 3.04. The third-order valence-electron chi connectivity index (χ3n) is 1.12. The summed E-state index contributed by atoms with van der Waals surface area (Å²) in [6.45, 7) is 7.94. The summed E-state index contributed by atoms with van der Waals surface area (Å²) in [6.07, 6.45) is 2.76. The van der Waals surface area contributed by atoms with Crippen molar-refractivity contribution in [3.05, 3.63) is 23.6 Å². The molecule has 5 heteroatoms. The number of carboxylic acids is 1. The Labute approximate surface area is 77.3 Å². The van der Waals surface area contributed by atoms with E-state index >= 15 is 0 Å². The van der Waals surface area contributed by atoms with Gasteiger partial charge in [0.05, 0.1) is 0 Å². The van der Waals surface area contributed by atoms with Crippen molar-refractivity contribution < 1.29 is 9.90 Å². The van der Waals surface area contributed by atoms with Crippen molar-refractivity contribution >= 4 is 18.4 Å². The summed E-state index contributed by atoms with van der Waals surface area (Å²) in [7, 11) is 0. The van der Waals surface area contributed by atoms with E-state index in [2.05, 4.69) is 4.85 Å². The predicted molar refractivity (Wildman–Crippen MR) is 48.1 cm³/mol. The van der Waals surface area contributed by atoms with Crippen molar-refractivity contribution in [3.8, 4) is 0 Å². The molecule has 1 unspecified atom stereocenters. The van der Waals surface area contributed by atoms with Gasteiger partial charge < -0.3 is 15.7 Å². The van der Waals surface area contributed by atoms with Crippen molar-refractivity contribution in [2.75, 3.05) is 6.54 Å². The van der Waals surface area contributed by atoms with Crippen molar-refractivity contribution in [2.45, 2.75) is 12.5 Å². The number of rotatable bonds is 3. The summed E-state index contributed by atoms with van der Waals surface area (Å²) in [5.74, 6) is -1.10. The molecule has 4 nitrogen and oxygen atoms in total. The molecule has 0 rings (SSSR count). The Bertz CT molecular complexity index is 218. The number of nitrogens with two attached hydrogens (primary N) is 1. The third kappa shape index (κ3) is 4.72. The molecule has 0 aliphatic heterocycles. The molecule has 0 fully saturated rings. The van der Waals surface area contributed by atoms with E-state index in [-0.39, 0.29) is 19.0 Å². The van der Waals surface area contributed by atoms with Crippen LogP contribution in [0.3, 0.4) is 0 Å². The van der Waals surface area contributed by atoms with Crippen molar-refractivity contribution in [2.24, 2.45) is 5.73 Å². The largest absolute Gasteiger partial charge is 0.480 e. The number of hydrogen-bond donors (Lipinski definition) is 2. The Morgan fingerprint density at radius 3 is 2.67 bits per heavy atom. The van der Waals surface area contributed by atoms with E-state index in [1.54, 1.807) is 0 Å². The molecule has 68 valence electrons. The van der Waals surface area contributed by atoms with Gasteiger partial charge in [0.25, 0.3) is 0 Å². The fourth-order valence-electron chi connectivity index (χ4n) is 0.422. The van der Waals surface area contributed by atoms with Gasteiger partial charge in [0.2, 0.25) is 6.54 Å². The van der Waals surface area contributed by atoms with Crippen LogP contribution in [0.5, 0.6) is 0 Å². The highest BCUT2D eigenvalue weighted by Crippen LogP contribution is 2.00. The molecule has 0 saturated heterocycles. The summed E-state index contributed by atoms with van der Waals surface area (Å²) in [5, 5.41) is 8.49. The van der Waals surface area contributed by atoms with Crippen LogP contribution in [0.4, 0.5) is 0 Å². The first-order chi connectivity index (χ1) is 5.00. The maximum absolute atomic E-state index is 10.4. The van der Waals surface area contributed by atoms with Crippen molar-refractivity contribution in [3.63, 3.8) is 0 Å². The first kappa shape index (κ1) is 13.5. The van der Waals surface area contributed by atoms with Crippen molar-refractivity contribution in [1.29, 1.82) is 0 Å². The first-order valence-corrected chi connectivity index (χ1v) is 3.04. The second-order valence-corrected chi connectivity index (χ2v) is 2.33. The Kier molecular flexibility index (Phi) is 6.29. The van der Waals surface area contributed by atoms with Crippen LogP contribution in [-0.2, 0) is 4.79 Å². The van der Waals surface area contributed by atoms with Crippen LogP contribution < -0.4 is 5.73 Å². The molecule has 0 aromatic carbocycles. The molecule has 0 heterocycles. The number of halogens is 1. The minimum atomic E-state index is -1.36. The zero-order chi connectivity index (χ0) is 8.91. The van der Waals surface area contributed by atoms with Gasteiger partial charge in [-0.3, -0.25) is 0 Å². The smallest absolute Gasteiger partial charge is 0.327 e. The van der Waals surface area contributed by atoms with Gasteiger partial charge in [-0.2, -0.15) is 0 Å². The predicted octanol–water partition coefficient (Wildman–Crippen LogP) is 0.686. The molecule has 0 amide bonds. The summed E-state index contributed by atoms with van der Waals surface area (Å²) in [6, 6.07) is 0. The lowest BCUT2D eigenvalue weighted by molar-refractivity contribution is -0.140. The van der Waals surface area contributed by atoms with Gasteiger partial charge in [-0.15, -0.1) is 12.4 Å². The molecule has 0 bridgehead atoms. The minimum Gasteiger partial charge on any atom is -0.480 e. The Hall–Kier alpha value is -1.05. The average molecular weight is 191 g/mol. The quantitative estimate of drug-likeness (QED) is 0.508. The zero-order valence-corrected chi connectivity index (χ0v) is 7.47. The third-order valence-corrected chi connectivity index (χ3v) is 1.12. The number of nitrogens with zero attached hydrogens (tertiary/aromatic N) is 1. The van der Waals surface area contributed by atoms with Gasteiger partial charge in [-0.25, -0.2) is 11.4 Å². The van der Waals surface area contributed by atoms with Gasteiger partial charge in [0.15, 0.2) is 0 Å². The number of carboxylic acid groups (broad SMARTS) is 1. The van der Waals surface area contributed by atoms with Crippen LogP contribution in [0, 0.1) is 6.57 Å². The highest BCUT2D eigenvalue weighted by atomic mass is 35.5. The van der Waals surface area contributed by atoms with Crippen LogP contribution >= 0.6 is 12.4 Å². The average Bonchev–Trinajstić information content (AvgIpc) is 1.88. The Morgan fingerprint density at radius 2 is 2.33 bits per heavy atom. The molecule has 0 aliphatic carbocycles. The summed E-state index contributed by atoms with van der Waals surface area (Å²) >= 11 is 0. The lowest BCUT2D eigenvalue weighted by Crippen LogP contribution is -2.42. The van der Waals surface area contributed by atoms with Gasteiger partial charge >= 0.3 is 5.97 Å². The van der Waals surface area contributed by atoms with Crippen LogP contribution in [0.15, 0.2) is 12.2 Å². The fraction of sp³-hybridized carbons (Fsp3) is 0.429. The van der Waals surface area contributed by atoms with Crippen LogP contribution in [0.1, 0.15) is 6.92 Å². The minimum absolute atomic E-state index is 0. The normalized spacial score (nSPS) is 14.4. The molecule has 0 spiro atoms. The Balaban J connectivity index is 0. The highest BCUT2D eigenvalue weighted by molar-refractivity contribution is 5.85. The van der Waals surface area contributed by atoms with Crippen LogP contribution in [0.2, 0.25) is 0 Å². The lowest BCUT2D eigenvalue weighted by Gasteiger charge is -2.12. The summed E-state index contributed by atoms with van der Waals surface area (Å²) in [4.78, 5) is 13.4. The molecule has 1 atom stereocenters. The molecule has 12 heavy (non-hydrogen) atoms. The molecular formula is C7H11ClN2O2. The van der Waals surface area contributed by atoms with E-state index < -0.39 is 11.5 Å². The maximum Gasteiger partial charge on any atom is 0.327 e. The lowest BCUT2D eigenvalue weighted by atomic mass is 10.0. The number of carbonyl (C=O) groups is 1. The molecule has 3 N–H and O–H groups in total. The van der Waals surface area contributed by atoms with Gasteiger partial charge in [-0.1, -0.05) is 6.08 Å². The second kappa shape index (κ2) is 5.58. The second-order valence-electron chi connectivity index (χ2n) is 2.33. The summed E-state index contributed by atoms with van der Waals surface area (Å²) in [5.41, 5.74) is 3.95. The Morgan fingerprint density at radius 1 is 1.83 bits per heavy atom. The summed E-state index contributed by atoms with van der Waals surface area (Å²) < 4.78 is 0. The van der Waals surface area contributed by atoms with Gasteiger partial charge in [0, 0.05) is 0 Å². The number of aliphatic carboxylic acids is 1. The molecule has 0 aromatic rings. The van der Waals surface area contributed by atoms with Gasteiger partial charge in [-0.05, 0) is 13.0 Å². The van der Waals surface area contributed by atoms with E-state index in [1.807, 2.05) is 0 Å². The SMILES string of the molecule is Cl.[C-]#[N+]C/C=C\C(C)(N)C(=O)O. The van der Waals surface area contributed by atoms with Gasteiger partial charge in [0.1, 0.15) is 5.54 Å². The van der Waals surface area contributed by atoms with E-state index in [0.29, 0.717) is 0 Å². The van der Waals surface area contributed by atoms with Crippen LogP contribution in [0.25, 0.3) is 4.85 Å². The molecule has 0 radical (unpaired) electrons. The van der Waals surface area contributed by atoms with E-state index in [0.717, 1.165) is 0 Å². The van der Waals surface area contributed by atoms with Crippen LogP contribution in [-0.4, -0.2) is 23.2 Å². The number of hydrogen-bond acceptors (Lipinski definition) is 2. The zero-order valence-electron chi connectivity index (χ0n) is 6.65. The monoisotopic (exact) mass is 190 g/mol. The molecule has 0 aliphatic rings. The van der Waals surface area contributed by atoms with E-state index in [4.69, 9.17) is 17.4 Å². The van der Waals surface area contributed by atoms with E-state index in [9.17, 15) is 4.79 Å². The fourth-order valence-corrected chi connectivity index (χ4v) is 0.422. The standard InChI is InChI=1S/C7H10N2O2.ClH/c1-7(8,6(10)11)4-3-5-9-2;/h3-4H,5,8H2,1H3,(H,10,11);1H/b4-3-;. The van der Waals surface area contributed by atoms with E-state index in [1.165, 1.54) is 19.1 Å². The highest BCUT2D eigenvalue weighted by Gasteiger charge is 2.23.